The zero-order chi connectivity index (χ0) is 23.1. The molecule has 0 atom stereocenters. The van der Waals surface area contributed by atoms with Crippen LogP contribution in [0.15, 0.2) is 60.7 Å². The zero-order valence-electron chi connectivity index (χ0n) is 17.7. The first-order chi connectivity index (χ1) is 15.4. The van der Waals surface area contributed by atoms with E-state index in [1.54, 1.807) is 43.4 Å². The smallest absolute Gasteiger partial charge is 0.336 e. The number of aromatic carboxylic acids is 1. The van der Waals surface area contributed by atoms with E-state index in [9.17, 15) is 14.7 Å². The van der Waals surface area contributed by atoms with Gasteiger partial charge in [0.1, 0.15) is 6.61 Å². The number of hydrogen-bond donors (Lipinski definition) is 4. The summed E-state index contributed by atoms with van der Waals surface area (Å²) in [6.07, 6.45) is 0. The van der Waals surface area contributed by atoms with E-state index in [0.717, 1.165) is 22.3 Å². The summed E-state index contributed by atoms with van der Waals surface area (Å²) in [4.78, 5) is 34.2. The second-order valence-corrected chi connectivity index (χ2v) is 7.14. The Bertz CT molecular complexity index is 1130. The lowest BCUT2D eigenvalue weighted by Crippen LogP contribution is -2.16. The average Bonchev–Trinajstić information content (AvgIpc) is 2.78. The molecule has 3 rings (SSSR count). The summed E-state index contributed by atoms with van der Waals surface area (Å²) in [6, 6.07) is 17.3. The van der Waals surface area contributed by atoms with Crippen molar-refractivity contribution in [3.05, 3.63) is 88.5 Å². The molecule has 0 aliphatic heterocycles. The van der Waals surface area contributed by atoms with Crippen LogP contribution in [0.4, 0.5) is 5.69 Å². The largest absolute Gasteiger partial charge is 0.478 e. The minimum Gasteiger partial charge on any atom is -0.478 e. The minimum atomic E-state index is -1.19. The van der Waals surface area contributed by atoms with E-state index < -0.39 is 11.9 Å². The van der Waals surface area contributed by atoms with Gasteiger partial charge >= 0.3 is 5.97 Å². The monoisotopic (exact) mass is 436 g/mol. The van der Waals surface area contributed by atoms with Gasteiger partial charge in [0, 0.05) is 12.7 Å². The van der Waals surface area contributed by atoms with E-state index in [1.165, 1.54) is 6.07 Å². The molecule has 3 aromatic rings. The van der Waals surface area contributed by atoms with Crippen molar-refractivity contribution in [1.82, 2.24) is 5.48 Å². The number of carbonyl (C=O) groups is 2. The van der Waals surface area contributed by atoms with Crippen LogP contribution in [0.1, 0.15) is 37.4 Å². The fourth-order valence-corrected chi connectivity index (χ4v) is 3.32. The van der Waals surface area contributed by atoms with Gasteiger partial charge < -0.3 is 10.4 Å². The molecular weight excluding hydrogens is 412 g/mol. The molecule has 0 aliphatic carbocycles. The number of hydrogen-bond acceptors (Lipinski definition) is 6. The molecular formula is C24H24N2O6. The van der Waals surface area contributed by atoms with Crippen LogP contribution in [0, 0.1) is 6.92 Å². The van der Waals surface area contributed by atoms with E-state index >= 15 is 0 Å². The fourth-order valence-electron chi connectivity index (χ4n) is 3.32. The number of nitrogens with one attached hydrogen (secondary N) is 2. The predicted molar refractivity (Wildman–Crippen MR) is 119 cm³/mol. The normalized spacial score (nSPS) is 10.7. The molecule has 32 heavy (non-hydrogen) atoms. The van der Waals surface area contributed by atoms with Crippen LogP contribution in [0.25, 0.3) is 11.1 Å². The number of hydroxylamine groups is 1. The SMILES string of the molecule is CNOCc1cc(-c2ccc(C(=O)O)c(C(=O)Nc3cccc(C)c3)c2)ccc1COO. The number of carbonyl (C=O) groups excluding carboxylic acids is 1. The molecule has 0 radical (unpaired) electrons. The van der Waals surface area contributed by atoms with Crippen molar-refractivity contribution in [2.45, 2.75) is 20.1 Å². The Hall–Kier alpha value is -3.56. The van der Waals surface area contributed by atoms with Crippen molar-refractivity contribution in [2.75, 3.05) is 12.4 Å². The molecule has 4 N–H and O–H groups in total. The van der Waals surface area contributed by atoms with Gasteiger partial charge in [-0.05, 0) is 65.1 Å². The molecule has 8 heteroatoms. The Balaban J connectivity index is 1.99. The number of benzene rings is 3. The number of carboxylic acids is 1. The lowest BCUT2D eigenvalue weighted by atomic mass is 9.95. The highest BCUT2D eigenvalue weighted by Crippen LogP contribution is 2.27. The third-order valence-corrected chi connectivity index (χ3v) is 4.90. The van der Waals surface area contributed by atoms with Crippen LogP contribution >= 0.6 is 0 Å². The van der Waals surface area contributed by atoms with E-state index in [0.29, 0.717) is 11.3 Å². The second-order valence-electron chi connectivity index (χ2n) is 7.14. The Kier molecular flexibility index (Phi) is 7.69. The summed E-state index contributed by atoms with van der Waals surface area (Å²) in [6.45, 7) is 2.11. The molecule has 0 fully saturated rings. The molecule has 0 unspecified atom stereocenters. The molecule has 166 valence electrons. The molecule has 0 bridgehead atoms. The van der Waals surface area contributed by atoms with Gasteiger partial charge in [0.25, 0.3) is 5.91 Å². The number of aryl methyl sites for hydroxylation is 1. The molecule has 3 aromatic carbocycles. The molecule has 1 amide bonds. The van der Waals surface area contributed by atoms with Gasteiger partial charge in [-0.3, -0.25) is 14.9 Å². The van der Waals surface area contributed by atoms with E-state index in [1.807, 2.05) is 25.1 Å². The maximum Gasteiger partial charge on any atom is 0.336 e. The number of amides is 1. The van der Waals surface area contributed by atoms with Crippen molar-refractivity contribution >= 4 is 17.6 Å². The van der Waals surface area contributed by atoms with Gasteiger partial charge in [0.2, 0.25) is 0 Å². The summed E-state index contributed by atoms with van der Waals surface area (Å²) >= 11 is 0. The van der Waals surface area contributed by atoms with Crippen LogP contribution in [0.2, 0.25) is 0 Å². The quantitative estimate of drug-likeness (QED) is 0.293. The Morgan fingerprint density at radius 3 is 2.34 bits per heavy atom. The molecule has 0 aromatic heterocycles. The third-order valence-electron chi connectivity index (χ3n) is 4.90. The van der Waals surface area contributed by atoms with Crippen molar-refractivity contribution in [3.63, 3.8) is 0 Å². The number of anilines is 1. The maximum atomic E-state index is 12.9. The first kappa shape index (κ1) is 23.1. The molecule has 0 heterocycles. The molecule has 0 saturated heterocycles. The van der Waals surface area contributed by atoms with Gasteiger partial charge in [-0.1, -0.05) is 30.3 Å². The van der Waals surface area contributed by atoms with Gasteiger partial charge in [-0.25, -0.2) is 15.2 Å². The fraction of sp³-hybridized carbons (Fsp3) is 0.167. The van der Waals surface area contributed by atoms with Crippen molar-refractivity contribution < 1.29 is 29.7 Å². The summed E-state index contributed by atoms with van der Waals surface area (Å²) in [5.41, 5.74) is 7.00. The standard InChI is InChI=1S/C24H24N2O6/c1-15-4-3-5-20(10-15)26-23(27)22-12-17(8-9-21(22)24(28)29)16-6-7-18(14-32-30)19(11-16)13-31-25-2/h3-12,25,30H,13-14H2,1-2H3,(H,26,27)(H,28,29). The third kappa shape index (κ3) is 5.57. The molecule has 0 spiro atoms. The van der Waals surface area contributed by atoms with E-state index in [2.05, 4.69) is 15.7 Å². The van der Waals surface area contributed by atoms with Crippen LogP contribution in [0.5, 0.6) is 0 Å². The highest BCUT2D eigenvalue weighted by molar-refractivity contribution is 6.11. The van der Waals surface area contributed by atoms with Crippen LogP contribution < -0.4 is 10.8 Å². The van der Waals surface area contributed by atoms with Gasteiger partial charge in [0.15, 0.2) is 0 Å². The molecule has 0 saturated carbocycles. The Morgan fingerprint density at radius 2 is 1.66 bits per heavy atom. The molecule has 8 nitrogen and oxygen atoms in total. The van der Waals surface area contributed by atoms with Gasteiger partial charge in [-0.2, -0.15) is 0 Å². The maximum absolute atomic E-state index is 12.9. The van der Waals surface area contributed by atoms with E-state index in [-0.39, 0.29) is 24.3 Å². The summed E-state index contributed by atoms with van der Waals surface area (Å²) in [7, 11) is 1.63. The van der Waals surface area contributed by atoms with E-state index in [4.69, 9.17) is 10.1 Å². The zero-order valence-corrected chi connectivity index (χ0v) is 17.7. The van der Waals surface area contributed by atoms with Crippen LogP contribution in [0.3, 0.4) is 0 Å². The van der Waals surface area contributed by atoms with Crippen molar-refractivity contribution in [3.8, 4) is 11.1 Å². The lowest BCUT2D eigenvalue weighted by molar-refractivity contribution is -0.253. The predicted octanol–water partition coefficient (Wildman–Crippen LogP) is 4.25. The minimum absolute atomic E-state index is 0.00914. The summed E-state index contributed by atoms with van der Waals surface area (Å²) in [5, 5.41) is 21.2. The van der Waals surface area contributed by atoms with Crippen LogP contribution in [-0.4, -0.2) is 29.3 Å². The van der Waals surface area contributed by atoms with Crippen LogP contribution in [-0.2, 0) is 22.9 Å². The average molecular weight is 436 g/mol. The van der Waals surface area contributed by atoms with Gasteiger partial charge in [-0.15, -0.1) is 0 Å². The molecule has 0 aliphatic rings. The Labute approximate surface area is 185 Å². The topological polar surface area (TPSA) is 117 Å². The number of rotatable bonds is 9. The summed E-state index contributed by atoms with van der Waals surface area (Å²) in [5.74, 6) is -1.71. The lowest BCUT2D eigenvalue weighted by Gasteiger charge is -2.13. The number of carboxylic acid groups (broad SMARTS) is 1. The second kappa shape index (κ2) is 10.7. The van der Waals surface area contributed by atoms with Crippen molar-refractivity contribution in [1.29, 1.82) is 0 Å². The first-order valence-corrected chi connectivity index (χ1v) is 9.85. The first-order valence-electron chi connectivity index (χ1n) is 9.85. The van der Waals surface area contributed by atoms with Gasteiger partial charge in [0.05, 0.1) is 17.7 Å². The highest BCUT2D eigenvalue weighted by Gasteiger charge is 2.18. The Morgan fingerprint density at radius 1 is 0.906 bits per heavy atom. The summed E-state index contributed by atoms with van der Waals surface area (Å²) < 4.78 is 0. The van der Waals surface area contributed by atoms with Crippen molar-refractivity contribution in [2.24, 2.45) is 0 Å². The highest BCUT2D eigenvalue weighted by atomic mass is 17.1.